The average molecular weight is 210 g/mol. The molecule has 0 aliphatic heterocycles. The van der Waals surface area contributed by atoms with Crippen molar-refractivity contribution >= 4 is 17.5 Å². The summed E-state index contributed by atoms with van der Waals surface area (Å²) in [6.45, 7) is 0.229. The van der Waals surface area contributed by atoms with Gasteiger partial charge in [0, 0.05) is 7.05 Å². The number of rotatable bonds is 2. The molecule has 0 fully saturated rings. The van der Waals surface area contributed by atoms with Gasteiger partial charge in [0.2, 0.25) is 0 Å². The van der Waals surface area contributed by atoms with Crippen LogP contribution in [-0.2, 0) is 0 Å². The molecule has 5 heteroatoms. The van der Waals surface area contributed by atoms with Gasteiger partial charge in [-0.2, -0.15) is 0 Å². The number of carbonyl (C=O) groups excluding carboxylic acids is 1. The molecule has 1 aromatic heterocycles. The third-order valence-electron chi connectivity index (χ3n) is 1.50. The normalized spacial score (nSPS) is 9.21. The van der Waals surface area contributed by atoms with Crippen LogP contribution in [0.1, 0.15) is 10.5 Å². The van der Waals surface area contributed by atoms with Crippen LogP contribution in [0.3, 0.4) is 0 Å². The predicted octanol–water partition coefficient (Wildman–Crippen LogP) is 0.835. The summed E-state index contributed by atoms with van der Waals surface area (Å²) in [7, 11) is 1.59. The van der Waals surface area contributed by atoms with Crippen molar-refractivity contribution in [1.82, 2.24) is 14.9 Å². The number of aromatic nitrogens is 2. The first-order valence-corrected chi connectivity index (χ1v) is 4.19. The Balaban J connectivity index is 2.85. The topological polar surface area (TPSA) is 46.1 Å². The number of amides is 1. The summed E-state index contributed by atoms with van der Waals surface area (Å²) in [4.78, 5) is 20.5. The van der Waals surface area contributed by atoms with Crippen molar-refractivity contribution in [3.8, 4) is 12.3 Å². The zero-order chi connectivity index (χ0) is 10.6. The Labute approximate surface area is 86.9 Å². The van der Waals surface area contributed by atoms with Crippen molar-refractivity contribution in [2.45, 2.75) is 0 Å². The molecule has 0 atom stereocenters. The van der Waals surface area contributed by atoms with Gasteiger partial charge in [-0.25, -0.2) is 4.98 Å². The summed E-state index contributed by atoms with van der Waals surface area (Å²) in [5.41, 5.74) is 0.190. The van der Waals surface area contributed by atoms with Crippen LogP contribution in [0.5, 0.6) is 0 Å². The molecule has 0 saturated heterocycles. The van der Waals surface area contributed by atoms with Gasteiger partial charge in [-0.1, -0.05) is 17.5 Å². The molecule has 0 bridgehead atoms. The molecule has 1 aromatic rings. The van der Waals surface area contributed by atoms with E-state index in [0.717, 1.165) is 0 Å². The predicted molar refractivity (Wildman–Crippen MR) is 52.8 cm³/mol. The molecule has 1 amide bonds. The smallest absolute Gasteiger partial charge is 0.274 e. The molecule has 4 nitrogen and oxygen atoms in total. The SMILES string of the molecule is C#CCN(C)C(=O)c1cncc(Cl)n1. The van der Waals surface area contributed by atoms with E-state index in [1.54, 1.807) is 7.05 Å². The molecule has 0 N–H and O–H groups in total. The van der Waals surface area contributed by atoms with Gasteiger partial charge < -0.3 is 4.90 Å². The van der Waals surface area contributed by atoms with Crippen molar-refractivity contribution in [2.75, 3.05) is 13.6 Å². The van der Waals surface area contributed by atoms with Crippen LogP contribution in [0.2, 0.25) is 5.15 Å². The fourth-order valence-electron chi connectivity index (χ4n) is 0.850. The fourth-order valence-corrected chi connectivity index (χ4v) is 0.997. The van der Waals surface area contributed by atoms with Crippen LogP contribution < -0.4 is 0 Å². The van der Waals surface area contributed by atoms with E-state index in [1.165, 1.54) is 17.3 Å². The first kappa shape index (κ1) is 10.5. The molecular weight excluding hydrogens is 202 g/mol. The van der Waals surface area contributed by atoms with E-state index in [0.29, 0.717) is 0 Å². The van der Waals surface area contributed by atoms with Crippen molar-refractivity contribution in [3.63, 3.8) is 0 Å². The highest BCUT2D eigenvalue weighted by Gasteiger charge is 2.12. The first-order chi connectivity index (χ1) is 6.65. The lowest BCUT2D eigenvalue weighted by molar-refractivity contribution is 0.0806. The maximum absolute atomic E-state index is 11.6. The molecule has 14 heavy (non-hydrogen) atoms. The molecular formula is C9H8ClN3O. The standard InChI is InChI=1S/C9H8ClN3O/c1-3-4-13(2)9(14)7-5-11-6-8(10)12-7/h1,5-6H,4H2,2H3. The van der Waals surface area contributed by atoms with E-state index in [1.807, 2.05) is 0 Å². The molecule has 0 unspecified atom stereocenters. The third-order valence-corrected chi connectivity index (χ3v) is 1.68. The minimum atomic E-state index is -0.294. The fraction of sp³-hybridized carbons (Fsp3) is 0.222. The minimum Gasteiger partial charge on any atom is -0.329 e. The summed E-state index contributed by atoms with van der Waals surface area (Å²) in [6, 6.07) is 0. The number of carbonyl (C=O) groups is 1. The van der Waals surface area contributed by atoms with Gasteiger partial charge in [0.15, 0.2) is 0 Å². The van der Waals surface area contributed by atoms with Crippen molar-refractivity contribution < 1.29 is 4.79 Å². The lowest BCUT2D eigenvalue weighted by Crippen LogP contribution is -2.27. The minimum absolute atomic E-state index is 0.185. The van der Waals surface area contributed by atoms with Crippen LogP contribution in [0.25, 0.3) is 0 Å². The third kappa shape index (κ3) is 2.44. The van der Waals surface area contributed by atoms with E-state index in [4.69, 9.17) is 18.0 Å². The van der Waals surface area contributed by atoms with Crippen LogP contribution in [0, 0.1) is 12.3 Å². The number of terminal acetylenes is 1. The van der Waals surface area contributed by atoms with Crippen molar-refractivity contribution in [1.29, 1.82) is 0 Å². The van der Waals surface area contributed by atoms with E-state index >= 15 is 0 Å². The van der Waals surface area contributed by atoms with Gasteiger partial charge in [-0.3, -0.25) is 9.78 Å². The molecule has 0 aliphatic rings. The summed E-state index contributed by atoms with van der Waals surface area (Å²) >= 11 is 5.59. The van der Waals surface area contributed by atoms with Gasteiger partial charge in [0.1, 0.15) is 10.8 Å². The molecule has 1 rings (SSSR count). The van der Waals surface area contributed by atoms with Crippen LogP contribution >= 0.6 is 11.6 Å². The summed E-state index contributed by atoms with van der Waals surface area (Å²) < 4.78 is 0. The lowest BCUT2D eigenvalue weighted by atomic mass is 10.4. The lowest BCUT2D eigenvalue weighted by Gasteiger charge is -2.12. The van der Waals surface area contributed by atoms with Crippen LogP contribution in [0.15, 0.2) is 12.4 Å². The number of nitrogens with zero attached hydrogens (tertiary/aromatic N) is 3. The zero-order valence-corrected chi connectivity index (χ0v) is 8.32. The molecule has 0 aliphatic carbocycles. The average Bonchev–Trinajstić information content (AvgIpc) is 2.17. The second kappa shape index (κ2) is 4.58. The highest BCUT2D eigenvalue weighted by Crippen LogP contribution is 2.04. The van der Waals surface area contributed by atoms with Crippen molar-refractivity contribution in [2.24, 2.45) is 0 Å². The van der Waals surface area contributed by atoms with Gasteiger partial charge >= 0.3 is 0 Å². The first-order valence-electron chi connectivity index (χ1n) is 3.81. The largest absolute Gasteiger partial charge is 0.329 e. The zero-order valence-electron chi connectivity index (χ0n) is 7.57. The Bertz CT molecular complexity index is 386. The van der Waals surface area contributed by atoms with Gasteiger partial charge in [-0.15, -0.1) is 6.42 Å². The maximum Gasteiger partial charge on any atom is 0.274 e. The van der Waals surface area contributed by atoms with E-state index < -0.39 is 0 Å². The molecule has 0 radical (unpaired) electrons. The Morgan fingerprint density at radius 1 is 1.71 bits per heavy atom. The number of halogens is 1. The van der Waals surface area contributed by atoms with Crippen LogP contribution in [0.4, 0.5) is 0 Å². The van der Waals surface area contributed by atoms with Gasteiger partial charge in [-0.05, 0) is 0 Å². The molecule has 72 valence electrons. The van der Waals surface area contributed by atoms with E-state index in [2.05, 4.69) is 15.9 Å². The monoisotopic (exact) mass is 209 g/mol. The Morgan fingerprint density at radius 3 is 3.00 bits per heavy atom. The van der Waals surface area contributed by atoms with Gasteiger partial charge in [0.05, 0.1) is 18.9 Å². The highest BCUT2D eigenvalue weighted by atomic mass is 35.5. The molecule has 1 heterocycles. The quantitative estimate of drug-likeness (QED) is 0.678. The second-order valence-electron chi connectivity index (χ2n) is 2.59. The Kier molecular flexibility index (Phi) is 3.43. The summed E-state index contributed by atoms with van der Waals surface area (Å²) in [6.07, 6.45) is 7.78. The van der Waals surface area contributed by atoms with Crippen LogP contribution in [-0.4, -0.2) is 34.4 Å². The maximum atomic E-state index is 11.6. The molecule has 0 spiro atoms. The summed E-state index contributed by atoms with van der Waals surface area (Å²) in [5.74, 6) is 2.06. The van der Waals surface area contributed by atoms with E-state index in [9.17, 15) is 4.79 Å². The molecule has 0 saturated carbocycles. The second-order valence-corrected chi connectivity index (χ2v) is 2.98. The Morgan fingerprint density at radius 2 is 2.43 bits per heavy atom. The van der Waals surface area contributed by atoms with Gasteiger partial charge in [0.25, 0.3) is 5.91 Å². The Hall–Kier alpha value is -1.60. The molecule has 0 aromatic carbocycles. The van der Waals surface area contributed by atoms with Crippen molar-refractivity contribution in [3.05, 3.63) is 23.2 Å². The highest BCUT2D eigenvalue weighted by molar-refractivity contribution is 6.29. The summed E-state index contributed by atoms with van der Waals surface area (Å²) in [5, 5.41) is 0.185. The van der Waals surface area contributed by atoms with E-state index in [-0.39, 0.29) is 23.3 Å². The number of hydrogen-bond donors (Lipinski definition) is 0. The number of hydrogen-bond acceptors (Lipinski definition) is 3.